The summed E-state index contributed by atoms with van der Waals surface area (Å²) in [7, 11) is 1.61. The van der Waals surface area contributed by atoms with Crippen LogP contribution < -0.4 is 0 Å². The highest BCUT2D eigenvalue weighted by Crippen LogP contribution is 2.40. The van der Waals surface area contributed by atoms with Crippen LogP contribution in [-0.2, 0) is 23.9 Å². The van der Waals surface area contributed by atoms with E-state index in [0.29, 0.717) is 13.2 Å². The minimum Gasteiger partial charge on any atom is -0.466 e. The molecule has 0 unspecified atom stereocenters. The van der Waals surface area contributed by atoms with E-state index in [1.807, 2.05) is 0 Å². The third-order valence-corrected chi connectivity index (χ3v) is 3.84. The summed E-state index contributed by atoms with van der Waals surface area (Å²) >= 11 is 0. The van der Waals surface area contributed by atoms with Gasteiger partial charge in [0.1, 0.15) is 6.42 Å². The Morgan fingerprint density at radius 1 is 1.05 bits per heavy atom. The molecule has 0 aliphatic heterocycles. The van der Waals surface area contributed by atoms with Crippen molar-refractivity contribution in [2.75, 3.05) is 26.8 Å². The molecule has 0 radical (unpaired) electrons. The Bertz CT molecular complexity index is 388. The van der Waals surface area contributed by atoms with Gasteiger partial charge in [0.25, 0.3) is 0 Å². The molecule has 0 aromatic rings. The normalized spacial score (nSPS) is 16.3. The van der Waals surface area contributed by atoms with E-state index in [9.17, 15) is 14.4 Å². The Balaban J connectivity index is 2.64. The molecule has 0 saturated heterocycles. The Kier molecular flexibility index (Phi) is 6.65. The predicted octanol–water partition coefficient (Wildman–Crippen LogP) is 1.52. The second kappa shape index (κ2) is 8.00. The van der Waals surface area contributed by atoms with Crippen molar-refractivity contribution in [3.05, 3.63) is 0 Å². The molecule has 1 amide bonds. The molecule has 0 bridgehead atoms. The molecule has 1 aliphatic rings. The summed E-state index contributed by atoms with van der Waals surface area (Å²) in [5, 5.41) is 0. The molecule has 21 heavy (non-hydrogen) atoms. The van der Waals surface area contributed by atoms with Gasteiger partial charge in [-0.3, -0.25) is 14.4 Å². The van der Waals surface area contributed by atoms with Gasteiger partial charge in [-0.25, -0.2) is 0 Å². The highest BCUT2D eigenvalue weighted by Gasteiger charge is 2.44. The number of nitrogens with zero attached hydrogens (tertiary/aromatic N) is 1. The van der Waals surface area contributed by atoms with Crippen molar-refractivity contribution < 1.29 is 23.9 Å². The number of amides is 1. The number of carbonyl (C=O) groups excluding carboxylic acids is 3. The van der Waals surface area contributed by atoms with Gasteiger partial charge in [0.2, 0.25) is 5.91 Å². The molecule has 0 atom stereocenters. The highest BCUT2D eigenvalue weighted by atomic mass is 16.5. The standard InChI is InChI=1S/C15H25NO5/c1-4-20-13(18)10-12(17)16(3)11-15(8-6-7-9-15)14(19)21-5-2/h4-11H2,1-3H3. The van der Waals surface area contributed by atoms with Gasteiger partial charge in [-0.05, 0) is 26.7 Å². The molecule has 0 aromatic heterocycles. The zero-order valence-electron chi connectivity index (χ0n) is 13.1. The molecule has 0 spiro atoms. The van der Waals surface area contributed by atoms with E-state index in [1.54, 1.807) is 20.9 Å². The van der Waals surface area contributed by atoms with Gasteiger partial charge in [0.05, 0.1) is 18.6 Å². The van der Waals surface area contributed by atoms with Crippen LogP contribution in [0.3, 0.4) is 0 Å². The molecule has 1 saturated carbocycles. The first-order valence-corrected chi connectivity index (χ1v) is 7.52. The Morgan fingerprint density at radius 3 is 2.14 bits per heavy atom. The molecule has 120 valence electrons. The van der Waals surface area contributed by atoms with Crippen LogP contribution in [0.2, 0.25) is 0 Å². The molecule has 0 aromatic carbocycles. The monoisotopic (exact) mass is 299 g/mol. The van der Waals surface area contributed by atoms with Crippen LogP contribution in [0.5, 0.6) is 0 Å². The maximum atomic E-state index is 12.2. The van der Waals surface area contributed by atoms with Crippen LogP contribution in [0, 0.1) is 5.41 Å². The fourth-order valence-corrected chi connectivity index (χ4v) is 2.78. The largest absolute Gasteiger partial charge is 0.466 e. The summed E-state index contributed by atoms with van der Waals surface area (Å²) in [6, 6.07) is 0. The zero-order valence-corrected chi connectivity index (χ0v) is 13.1. The molecule has 1 aliphatic carbocycles. The van der Waals surface area contributed by atoms with Crippen molar-refractivity contribution in [3.8, 4) is 0 Å². The van der Waals surface area contributed by atoms with Crippen molar-refractivity contribution in [1.82, 2.24) is 4.90 Å². The van der Waals surface area contributed by atoms with E-state index in [0.717, 1.165) is 25.7 Å². The van der Waals surface area contributed by atoms with Crippen molar-refractivity contribution >= 4 is 17.8 Å². The van der Waals surface area contributed by atoms with E-state index in [1.165, 1.54) is 4.90 Å². The summed E-state index contributed by atoms with van der Waals surface area (Å²) in [6.45, 7) is 4.35. The number of ether oxygens (including phenoxy) is 2. The first-order valence-electron chi connectivity index (χ1n) is 7.52. The quantitative estimate of drug-likeness (QED) is 0.526. The van der Waals surface area contributed by atoms with Crippen molar-refractivity contribution in [2.45, 2.75) is 46.0 Å². The second-order valence-corrected chi connectivity index (χ2v) is 5.44. The van der Waals surface area contributed by atoms with E-state index >= 15 is 0 Å². The summed E-state index contributed by atoms with van der Waals surface area (Å²) in [4.78, 5) is 37.0. The molecule has 0 heterocycles. The first kappa shape index (κ1) is 17.5. The van der Waals surface area contributed by atoms with Crippen LogP contribution in [-0.4, -0.2) is 49.6 Å². The zero-order chi connectivity index (χ0) is 15.9. The maximum absolute atomic E-state index is 12.2. The maximum Gasteiger partial charge on any atom is 0.315 e. The summed E-state index contributed by atoms with van der Waals surface area (Å²) < 4.78 is 9.93. The van der Waals surface area contributed by atoms with Crippen LogP contribution in [0.1, 0.15) is 46.0 Å². The van der Waals surface area contributed by atoms with E-state index in [4.69, 9.17) is 9.47 Å². The van der Waals surface area contributed by atoms with Gasteiger partial charge < -0.3 is 14.4 Å². The fourth-order valence-electron chi connectivity index (χ4n) is 2.78. The fraction of sp³-hybridized carbons (Fsp3) is 0.800. The summed E-state index contributed by atoms with van der Waals surface area (Å²) in [5.74, 6) is -1.10. The van der Waals surface area contributed by atoms with Crippen LogP contribution >= 0.6 is 0 Å². The van der Waals surface area contributed by atoms with Crippen LogP contribution in [0.4, 0.5) is 0 Å². The molecule has 6 nitrogen and oxygen atoms in total. The lowest BCUT2D eigenvalue weighted by atomic mass is 9.85. The Hall–Kier alpha value is -1.59. The number of esters is 2. The second-order valence-electron chi connectivity index (χ2n) is 5.44. The highest BCUT2D eigenvalue weighted by molar-refractivity contribution is 5.94. The Labute approximate surface area is 125 Å². The lowest BCUT2D eigenvalue weighted by Gasteiger charge is -2.31. The van der Waals surface area contributed by atoms with Gasteiger partial charge in [0, 0.05) is 13.6 Å². The van der Waals surface area contributed by atoms with Gasteiger partial charge >= 0.3 is 11.9 Å². The number of carbonyl (C=O) groups is 3. The SMILES string of the molecule is CCOC(=O)CC(=O)N(C)CC1(C(=O)OCC)CCCC1. The van der Waals surface area contributed by atoms with Crippen molar-refractivity contribution in [1.29, 1.82) is 0 Å². The first-order chi connectivity index (χ1) is 9.95. The van der Waals surface area contributed by atoms with Gasteiger partial charge in [-0.2, -0.15) is 0 Å². The number of rotatable bonds is 7. The third kappa shape index (κ3) is 4.72. The van der Waals surface area contributed by atoms with Gasteiger partial charge in [-0.15, -0.1) is 0 Å². The van der Waals surface area contributed by atoms with E-state index in [-0.39, 0.29) is 24.9 Å². The number of hydrogen-bond donors (Lipinski definition) is 0. The van der Waals surface area contributed by atoms with Gasteiger partial charge in [0.15, 0.2) is 0 Å². The Morgan fingerprint density at radius 2 is 1.62 bits per heavy atom. The summed E-state index contributed by atoms with van der Waals surface area (Å²) in [6.07, 6.45) is 3.08. The average Bonchev–Trinajstić information content (AvgIpc) is 2.89. The van der Waals surface area contributed by atoms with E-state index < -0.39 is 11.4 Å². The average molecular weight is 299 g/mol. The minimum atomic E-state index is -0.616. The minimum absolute atomic E-state index is 0.238. The molecule has 6 heteroatoms. The lowest BCUT2D eigenvalue weighted by molar-refractivity contribution is -0.157. The molecule has 0 N–H and O–H groups in total. The number of hydrogen-bond acceptors (Lipinski definition) is 5. The predicted molar refractivity (Wildman–Crippen MR) is 76.4 cm³/mol. The smallest absolute Gasteiger partial charge is 0.315 e. The lowest BCUT2D eigenvalue weighted by Crippen LogP contribution is -2.43. The molecule has 1 rings (SSSR count). The van der Waals surface area contributed by atoms with Crippen molar-refractivity contribution in [2.24, 2.45) is 5.41 Å². The molecule has 1 fully saturated rings. The van der Waals surface area contributed by atoms with Crippen molar-refractivity contribution in [3.63, 3.8) is 0 Å². The summed E-state index contributed by atoms with van der Waals surface area (Å²) in [5.41, 5.74) is -0.616. The topological polar surface area (TPSA) is 72.9 Å². The van der Waals surface area contributed by atoms with Gasteiger partial charge in [-0.1, -0.05) is 12.8 Å². The third-order valence-electron chi connectivity index (χ3n) is 3.84. The van der Waals surface area contributed by atoms with Crippen LogP contribution in [0.15, 0.2) is 0 Å². The van der Waals surface area contributed by atoms with Crippen LogP contribution in [0.25, 0.3) is 0 Å². The van der Waals surface area contributed by atoms with E-state index in [2.05, 4.69) is 0 Å². The molecular weight excluding hydrogens is 274 g/mol. The molecular formula is C15H25NO5.